The van der Waals surface area contributed by atoms with Crippen LogP contribution in [0.3, 0.4) is 0 Å². The van der Waals surface area contributed by atoms with Crippen LogP contribution in [0.15, 0.2) is 35.1 Å². The Kier molecular flexibility index (Phi) is 2.96. The Labute approximate surface area is 111 Å². The van der Waals surface area contributed by atoms with Gasteiger partial charge in [-0.2, -0.15) is 0 Å². The van der Waals surface area contributed by atoms with Crippen molar-refractivity contribution in [2.75, 3.05) is 0 Å². The van der Waals surface area contributed by atoms with E-state index in [2.05, 4.69) is 23.2 Å². The van der Waals surface area contributed by atoms with E-state index in [1.165, 1.54) is 30.4 Å². The van der Waals surface area contributed by atoms with Gasteiger partial charge in [0.15, 0.2) is 0 Å². The average Bonchev–Trinajstić information content (AvgIpc) is 2.37. The number of fused-ring (bicyclic) bond motifs is 1. The summed E-state index contributed by atoms with van der Waals surface area (Å²) in [5, 5.41) is 0.384. The molecule has 0 unspecified atom stereocenters. The van der Waals surface area contributed by atoms with Crippen molar-refractivity contribution in [2.24, 2.45) is 0 Å². The summed E-state index contributed by atoms with van der Waals surface area (Å²) in [6, 6.07) is 9.84. The molecule has 0 saturated carbocycles. The minimum Gasteiger partial charge on any atom is -0.313 e. The van der Waals surface area contributed by atoms with Crippen molar-refractivity contribution >= 4 is 11.6 Å². The van der Waals surface area contributed by atoms with Gasteiger partial charge in [0.25, 0.3) is 0 Å². The summed E-state index contributed by atoms with van der Waals surface area (Å²) in [5.41, 5.74) is 4.66. The predicted octanol–water partition coefficient (Wildman–Crippen LogP) is 3.57. The molecule has 0 fully saturated rings. The van der Waals surface area contributed by atoms with Crippen LogP contribution in [0.25, 0.3) is 11.1 Å². The SMILES string of the molecule is O=c1cc(-c2ccc3c(c2)CCCC3)cc(Cl)[nH]1. The number of H-pyrrole nitrogens is 1. The summed E-state index contributed by atoms with van der Waals surface area (Å²) in [5.74, 6) is 0. The van der Waals surface area contributed by atoms with Gasteiger partial charge < -0.3 is 4.98 Å². The molecule has 0 atom stereocenters. The first-order chi connectivity index (χ1) is 8.72. The molecule has 1 aromatic heterocycles. The first kappa shape index (κ1) is 11.5. The van der Waals surface area contributed by atoms with Gasteiger partial charge in [0.1, 0.15) is 5.15 Å². The van der Waals surface area contributed by atoms with E-state index in [1.54, 1.807) is 12.1 Å². The van der Waals surface area contributed by atoms with Crippen molar-refractivity contribution in [3.63, 3.8) is 0 Å². The van der Waals surface area contributed by atoms with Gasteiger partial charge in [-0.25, -0.2) is 0 Å². The Hall–Kier alpha value is -1.54. The van der Waals surface area contributed by atoms with E-state index in [0.29, 0.717) is 5.15 Å². The maximum Gasteiger partial charge on any atom is 0.249 e. The van der Waals surface area contributed by atoms with Gasteiger partial charge in [-0.3, -0.25) is 4.79 Å². The molecule has 3 rings (SSSR count). The van der Waals surface area contributed by atoms with Crippen LogP contribution in [0.2, 0.25) is 5.15 Å². The Bertz CT molecular complexity index is 645. The van der Waals surface area contributed by atoms with Crippen LogP contribution in [0.5, 0.6) is 0 Å². The zero-order valence-electron chi connectivity index (χ0n) is 10.0. The number of nitrogens with one attached hydrogen (secondary N) is 1. The third-order valence-electron chi connectivity index (χ3n) is 3.49. The molecule has 0 amide bonds. The van der Waals surface area contributed by atoms with Crippen LogP contribution in [-0.4, -0.2) is 4.98 Å². The van der Waals surface area contributed by atoms with Crippen molar-refractivity contribution in [3.8, 4) is 11.1 Å². The van der Waals surface area contributed by atoms with Crippen molar-refractivity contribution in [1.82, 2.24) is 4.98 Å². The fraction of sp³-hybridized carbons (Fsp3) is 0.267. The third-order valence-corrected chi connectivity index (χ3v) is 3.70. The lowest BCUT2D eigenvalue weighted by atomic mass is 9.89. The van der Waals surface area contributed by atoms with Crippen LogP contribution in [0, 0.1) is 0 Å². The number of hydrogen-bond acceptors (Lipinski definition) is 1. The van der Waals surface area contributed by atoms with Crippen molar-refractivity contribution in [3.05, 3.63) is 57.0 Å². The second-order valence-corrected chi connectivity index (χ2v) is 5.18. The number of pyridine rings is 1. The number of halogens is 1. The monoisotopic (exact) mass is 259 g/mol. The Morgan fingerprint density at radius 1 is 0.944 bits per heavy atom. The van der Waals surface area contributed by atoms with Gasteiger partial charge in [-0.15, -0.1) is 0 Å². The lowest BCUT2D eigenvalue weighted by Gasteiger charge is -2.16. The molecule has 0 radical (unpaired) electrons. The number of aryl methyl sites for hydroxylation is 2. The Balaban J connectivity index is 2.08. The van der Waals surface area contributed by atoms with Gasteiger partial charge in [0.05, 0.1) is 0 Å². The number of rotatable bonds is 1. The molecule has 1 aliphatic rings. The predicted molar refractivity (Wildman–Crippen MR) is 74.2 cm³/mol. The first-order valence-corrected chi connectivity index (χ1v) is 6.62. The van der Waals surface area contributed by atoms with Crippen LogP contribution in [0.1, 0.15) is 24.0 Å². The third kappa shape index (κ3) is 2.21. The van der Waals surface area contributed by atoms with Gasteiger partial charge in [0, 0.05) is 6.07 Å². The smallest absolute Gasteiger partial charge is 0.249 e. The molecule has 1 aromatic carbocycles. The molecule has 2 nitrogen and oxygen atoms in total. The van der Waals surface area contributed by atoms with E-state index in [-0.39, 0.29) is 5.56 Å². The second-order valence-electron chi connectivity index (χ2n) is 4.77. The maximum atomic E-state index is 11.4. The normalized spacial score (nSPS) is 14.3. The summed E-state index contributed by atoms with van der Waals surface area (Å²) < 4.78 is 0. The highest BCUT2D eigenvalue weighted by atomic mass is 35.5. The highest BCUT2D eigenvalue weighted by molar-refractivity contribution is 6.29. The van der Waals surface area contributed by atoms with Crippen molar-refractivity contribution < 1.29 is 0 Å². The van der Waals surface area contributed by atoms with Crippen LogP contribution in [-0.2, 0) is 12.8 Å². The van der Waals surface area contributed by atoms with Gasteiger partial charge in [-0.1, -0.05) is 29.8 Å². The van der Waals surface area contributed by atoms with Gasteiger partial charge in [0.2, 0.25) is 5.56 Å². The molecule has 1 aliphatic carbocycles. The fourth-order valence-corrected chi connectivity index (χ4v) is 2.80. The molecule has 18 heavy (non-hydrogen) atoms. The molecular formula is C15H14ClNO. The van der Waals surface area contributed by atoms with Crippen LogP contribution >= 0.6 is 11.6 Å². The molecule has 1 heterocycles. The topological polar surface area (TPSA) is 32.9 Å². The largest absolute Gasteiger partial charge is 0.313 e. The average molecular weight is 260 g/mol. The van der Waals surface area contributed by atoms with E-state index in [4.69, 9.17) is 11.6 Å². The van der Waals surface area contributed by atoms with Crippen LogP contribution in [0.4, 0.5) is 0 Å². The highest BCUT2D eigenvalue weighted by Gasteiger charge is 2.10. The quantitative estimate of drug-likeness (QED) is 0.781. The van der Waals surface area contributed by atoms with E-state index in [9.17, 15) is 4.79 Å². The molecule has 3 heteroatoms. The molecule has 0 aliphatic heterocycles. The van der Waals surface area contributed by atoms with Gasteiger partial charge in [-0.05, 0) is 54.0 Å². The van der Waals surface area contributed by atoms with E-state index in [0.717, 1.165) is 17.5 Å². The number of aromatic nitrogens is 1. The summed E-state index contributed by atoms with van der Waals surface area (Å²) in [6.45, 7) is 0. The number of aromatic amines is 1. The van der Waals surface area contributed by atoms with Crippen molar-refractivity contribution in [2.45, 2.75) is 25.7 Å². The second kappa shape index (κ2) is 4.62. The molecule has 0 saturated heterocycles. The zero-order chi connectivity index (χ0) is 12.5. The fourth-order valence-electron chi connectivity index (χ4n) is 2.59. The molecule has 0 bridgehead atoms. The maximum absolute atomic E-state index is 11.4. The van der Waals surface area contributed by atoms with E-state index < -0.39 is 0 Å². The van der Waals surface area contributed by atoms with E-state index >= 15 is 0 Å². The zero-order valence-corrected chi connectivity index (χ0v) is 10.8. The molecule has 0 spiro atoms. The number of benzene rings is 1. The summed E-state index contributed by atoms with van der Waals surface area (Å²) in [7, 11) is 0. The number of hydrogen-bond donors (Lipinski definition) is 1. The summed E-state index contributed by atoms with van der Waals surface area (Å²) >= 11 is 5.89. The first-order valence-electron chi connectivity index (χ1n) is 6.24. The molecular weight excluding hydrogens is 246 g/mol. The van der Waals surface area contributed by atoms with Gasteiger partial charge >= 0.3 is 0 Å². The highest BCUT2D eigenvalue weighted by Crippen LogP contribution is 2.27. The van der Waals surface area contributed by atoms with E-state index in [1.807, 2.05) is 0 Å². The summed E-state index contributed by atoms with van der Waals surface area (Å²) in [4.78, 5) is 14.0. The standard InChI is InChI=1S/C15H14ClNO/c16-14-8-13(9-15(18)17-14)12-6-5-10-3-1-2-4-11(10)7-12/h5-9H,1-4H2,(H,17,18). The molecule has 92 valence electrons. The molecule has 1 N–H and O–H groups in total. The Morgan fingerprint density at radius 2 is 1.72 bits per heavy atom. The van der Waals surface area contributed by atoms with Crippen molar-refractivity contribution in [1.29, 1.82) is 0 Å². The summed E-state index contributed by atoms with van der Waals surface area (Å²) in [6.07, 6.45) is 4.85. The lowest BCUT2D eigenvalue weighted by molar-refractivity contribution is 0.686. The molecule has 2 aromatic rings. The Morgan fingerprint density at radius 3 is 2.50 bits per heavy atom. The van der Waals surface area contributed by atoms with Crippen LogP contribution < -0.4 is 5.56 Å². The lowest BCUT2D eigenvalue weighted by Crippen LogP contribution is -2.05. The minimum atomic E-state index is -0.157. The minimum absolute atomic E-state index is 0.157.